The van der Waals surface area contributed by atoms with Gasteiger partial charge in [-0.1, -0.05) is 31.0 Å². The zero-order chi connectivity index (χ0) is 14.5. The molecule has 1 saturated carbocycles. The molecular weight excluding hydrogens is 248 g/mol. The van der Waals surface area contributed by atoms with E-state index >= 15 is 0 Å². The Balaban J connectivity index is 2.01. The molecule has 1 aliphatic rings. The number of rotatable bonds is 5. The standard InChI is InChI=1S/C17H28N2O/c1-13(12-14-8-4-7-11-17(14)20-3)19(2)16-10-6-5-9-15(16)18/h4,7-8,11,13,15-16H,5-6,9-10,12,18H2,1-3H3. The predicted molar refractivity (Wildman–Crippen MR) is 84.2 cm³/mol. The van der Waals surface area contributed by atoms with E-state index in [1.165, 1.54) is 24.8 Å². The van der Waals surface area contributed by atoms with Crippen LogP contribution >= 0.6 is 0 Å². The number of nitrogens with zero attached hydrogens (tertiary/aromatic N) is 1. The van der Waals surface area contributed by atoms with Crippen molar-refractivity contribution in [1.29, 1.82) is 0 Å². The average molecular weight is 276 g/mol. The van der Waals surface area contributed by atoms with Crippen molar-refractivity contribution >= 4 is 0 Å². The molecule has 0 heterocycles. The fourth-order valence-corrected chi connectivity index (χ4v) is 3.31. The Kier molecular flexibility index (Phi) is 5.44. The molecule has 20 heavy (non-hydrogen) atoms. The van der Waals surface area contributed by atoms with E-state index in [9.17, 15) is 0 Å². The number of methoxy groups -OCH3 is 1. The fraction of sp³-hybridized carbons (Fsp3) is 0.647. The van der Waals surface area contributed by atoms with Gasteiger partial charge in [0.15, 0.2) is 0 Å². The minimum Gasteiger partial charge on any atom is -0.496 e. The van der Waals surface area contributed by atoms with Crippen molar-refractivity contribution in [2.75, 3.05) is 14.2 Å². The first-order valence-corrected chi connectivity index (χ1v) is 7.73. The lowest BCUT2D eigenvalue weighted by molar-refractivity contribution is 0.127. The topological polar surface area (TPSA) is 38.5 Å². The molecule has 1 aromatic carbocycles. The van der Waals surface area contributed by atoms with Crippen molar-refractivity contribution in [2.45, 2.75) is 57.2 Å². The van der Waals surface area contributed by atoms with Gasteiger partial charge >= 0.3 is 0 Å². The average Bonchev–Trinajstić information content (AvgIpc) is 2.47. The van der Waals surface area contributed by atoms with Crippen LogP contribution in [0.15, 0.2) is 24.3 Å². The second kappa shape index (κ2) is 7.09. The molecule has 3 nitrogen and oxygen atoms in total. The summed E-state index contributed by atoms with van der Waals surface area (Å²) in [4.78, 5) is 2.47. The van der Waals surface area contributed by atoms with E-state index in [-0.39, 0.29) is 0 Å². The van der Waals surface area contributed by atoms with Crippen molar-refractivity contribution < 1.29 is 4.74 Å². The molecule has 3 heteroatoms. The normalized spacial score (nSPS) is 24.6. The summed E-state index contributed by atoms with van der Waals surface area (Å²) in [7, 11) is 3.96. The number of benzene rings is 1. The molecule has 1 aliphatic carbocycles. The maximum absolute atomic E-state index is 6.30. The summed E-state index contributed by atoms with van der Waals surface area (Å²) in [5, 5.41) is 0. The Bertz CT molecular complexity index is 421. The minimum atomic E-state index is 0.328. The van der Waals surface area contributed by atoms with Gasteiger partial charge in [-0.05, 0) is 44.9 Å². The molecule has 0 aromatic heterocycles. The van der Waals surface area contributed by atoms with Crippen LogP contribution in [0.5, 0.6) is 5.75 Å². The number of likely N-dealkylation sites (N-methyl/N-ethyl adjacent to an activating group) is 1. The second-order valence-electron chi connectivity index (χ2n) is 6.05. The molecule has 0 spiro atoms. The van der Waals surface area contributed by atoms with Crippen LogP contribution in [-0.4, -0.2) is 37.2 Å². The molecule has 3 unspecified atom stereocenters. The fourth-order valence-electron chi connectivity index (χ4n) is 3.31. The lowest BCUT2D eigenvalue weighted by Gasteiger charge is -2.39. The molecule has 2 rings (SSSR count). The molecule has 2 N–H and O–H groups in total. The number of ether oxygens (including phenoxy) is 1. The van der Waals surface area contributed by atoms with E-state index in [0.717, 1.165) is 18.6 Å². The van der Waals surface area contributed by atoms with E-state index < -0.39 is 0 Å². The molecule has 1 aromatic rings. The zero-order valence-corrected chi connectivity index (χ0v) is 13.0. The first-order chi connectivity index (χ1) is 9.63. The second-order valence-corrected chi connectivity index (χ2v) is 6.05. The van der Waals surface area contributed by atoms with Crippen molar-refractivity contribution in [3.05, 3.63) is 29.8 Å². The highest BCUT2D eigenvalue weighted by Crippen LogP contribution is 2.25. The Morgan fingerprint density at radius 3 is 2.70 bits per heavy atom. The molecule has 3 atom stereocenters. The van der Waals surface area contributed by atoms with Gasteiger partial charge in [0.25, 0.3) is 0 Å². The van der Waals surface area contributed by atoms with Crippen LogP contribution < -0.4 is 10.5 Å². The van der Waals surface area contributed by atoms with Crippen molar-refractivity contribution in [3.63, 3.8) is 0 Å². The molecule has 0 bridgehead atoms. The van der Waals surface area contributed by atoms with Crippen LogP contribution in [0.3, 0.4) is 0 Å². The van der Waals surface area contributed by atoms with Gasteiger partial charge in [0.05, 0.1) is 7.11 Å². The Morgan fingerprint density at radius 1 is 1.30 bits per heavy atom. The Morgan fingerprint density at radius 2 is 2.00 bits per heavy atom. The highest BCUT2D eigenvalue weighted by molar-refractivity contribution is 5.33. The highest BCUT2D eigenvalue weighted by atomic mass is 16.5. The Hall–Kier alpha value is -1.06. The van der Waals surface area contributed by atoms with E-state index in [1.54, 1.807) is 7.11 Å². The summed E-state index contributed by atoms with van der Waals surface area (Å²) in [6.07, 6.45) is 5.99. The van der Waals surface area contributed by atoms with E-state index in [1.807, 2.05) is 12.1 Å². The van der Waals surface area contributed by atoms with Gasteiger partial charge in [0, 0.05) is 18.1 Å². The van der Waals surface area contributed by atoms with Crippen LogP contribution in [0.2, 0.25) is 0 Å². The largest absolute Gasteiger partial charge is 0.496 e. The summed E-state index contributed by atoms with van der Waals surface area (Å²) >= 11 is 0. The van der Waals surface area contributed by atoms with Crippen molar-refractivity contribution in [1.82, 2.24) is 4.90 Å². The van der Waals surface area contributed by atoms with E-state index in [0.29, 0.717) is 18.1 Å². The van der Waals surface area contributed by atoms with Crippen molar-refractivity contribution in [2.24, 2.45) is 5.73 Å². The van der Waals surface area contributed by atoms with Gasteiger partial charge in [-0.2, -0.15) is 0 Å². The summed E-state index contributed by atoms with van der Waals surface area (Å²) in [5.74, 6) is 0.987. The van der Waals surface area contributed by atoms with Crippen LogP contribution in [0.4, 0.5) is 0 Å². The minimum absolute atomic E-state index is 0.328. The lowest BCUT2D eigenvalue weighted by Crippen LogP contribution is -2.51. The number of para-hydroxylation sites is 1. The maximum Gasteiger partial charge on any atom is 0.122 e. The number of nitrogens with two attached hydrogens (primary N) is 1. The van der Waals surface area contributed by atoms with Gasteiger partial charge in [0.2, 0.25) is 0 Å². The zero-order valence-electron chi connectivity index (χ0n) is 13.0. The number of hydrogen-bond acceptors (Lipinski definition) is 3. The molecule has 1 fully saturated rings. The molecular formula is C17H28N2O. The van der Waals surface area contributed by atoms with E-state index in [4.69, 9.17) is 10.5 Å². The third-order valence-corrected chi connectivity index (χ3v) is 4.71. The lowest BCUT2D eigenvalue weighted by atomic mass is 9.89. The molecule has 0 aliphatic heterocycles. The quantitative estimate of drug-likeness (QED) is 0.898. The van der Waals surface area contributed by atoms with Gasteiger partial charge in [-0.3, -0.25) is 4.90 Å². The third-order valence-electron chi connectivity index (χ3n) is 4.71. The third kappa shape index (κ3) is 3.53. The molecule has 0 amide bonds. The predicted octanol–water partition coefficient (Wildman–Crippen LogP) is 2.83. The SMILES string of the molecule is COc1ccccc1CC(C)N(C)C1CCCCC1N. The van der Waals surface area contributed by atoms with Gasteiger partial charge in [0.1, 0.15) is 5.75 Å². The van der Waals surface area contributed by atoms with E-state index in [2.05, 4.69) is 31.0 Å². The van der Waals surface area contributed by atoms with Crippen LogP contribution in [-0.2, 0) is 6.42 Å². The Labute approximate surface area is 123 Å². The van der Waals surface area contributed by atoms with Crippen LogP contribution in [0.1, 0.15) is 38.2 Å². The maximum atomic E-state index is 6.30. The van der Waals surface area contributed by atoms with Crippen LogP contribution in [0, 0.1) is 0 Å². The number of hydrogen-bond donors (Lipinski definition) is 1. The smallest absolute Gasteiger partial charge is 0.122 e. The summed E-state index contributed by atoms with van der Waals surface area (Å²) in [6, 6.07) is 9.62. The molecule has 0 radical (unpaired) electrons. The first kappa shape index (κ1) is 15.3. The summed E-state index contributed by atoms with van der Waals surface area (Å²) in [5.41, 5.74) is 7.58. The van der Waals surface area contributed by atoms with Crippen molar-refractivity contribution in [3.8, 4) is 5.75 Å². The monoisotopic (exact) mass is 276 g/mol. The van der Waals surface area contributed by atoms with Gasteiger partial charge in [-0.15, -0.1) is 0 Å². The highest BCUT2D eigenvalue weighted by Gasteiger charge is 2.28. The molecule has 112 valence electrons. The van der Waals surface area contributed by atoms with Gasteiger partial charge < -0.3 is 10.5 Å². The van der Waals surface area contributed by atoms with Gasteiger partial charge in [-0.25, -0.2) is 0 Å². The summed E-state index contributed by atoms with van der Waals surface area (Å²) in [6.45, 7) is 2.29. The molecule has 0 saturated heterocycles. The van der Waals surface area contributed by atoms with Crippen LogP contribution in [0.25, 0.3) is 0 Å². The summed E-state index contributed by atoms with van der Waals surface area (Å²) < 4.78 is 5.45. The first-order valence-electron chi connectivity index (χ1n) is 7.73.